The fraction of sp³-hybridized carbons (Fsp3) is 0.269. The van der Waals surface area contributed by atoms with Crippen molar-refractivity contribution >= 4 is 44.2 Å². The molecule has 0 saturated carbocycles. The van der Waals surface area contributed by atoms with Gasteiger partial charge in [-0.2, -0.15) is 5.10 Å². The molecule has 3 heterocycles. The van der Waals surface area contributed by atoms with Crippen LogP contribution < -0.4 is 5.32 Å². The number of nitrogens with zero attached hydrogens (tertiary/aromatic N) is 5. The number of thiazole rings is 1. The Hall–Kier alpha value is -3.37. The molecule has 10 heteroatoms. The molecule has 184 valence electrons. The highest BCUT2D eigenvalue weighted by molar-refractivity contribution is 9.10. The molecule has 2 amide bonds. The lowest BCUT2D eigenvalue weighted by atomic mass is 9.95. The first-order chi connectivity index (χ1) is 17.2. The molecule has 1 aliphatic carbocycles. The van der Waals surface area contributed by atoms with Crippen LogP contribution in [-0.4, -0.2) is 49.6 Å². The van der Waals surface area contributed by atoms with Gasteiger partial charge in [-0.1, -0.05) is 11.3 Å². The van der Waals surface area contributed by atoms with Crippen LogP contribution in [0.5, 0.6) is 0 Å². The number of pyridine rings is 1. The Morgan fingerprint density at radius 1 is 1.22 bits per heavy atom. The highest BCUT2D eigenvalue weighted by atomic mass is 79.9. The maximum atomic E-state index is 12.9. The molecule has 5 rings (SSSR count). The van der Waals surface area contributed by atoms with Crippen LogP contribution in [0, 0.1) is 0 Å². The van der Waals surface area contributed by atoms with Crippen molar-refractivity contribution in [3.63, 3.8) is 0 Å². The van der Waals surface area contributed by atoms with E-state index in [0.29, 0.717) is 10.7 Å². The van der Waals surface area contributed by atoms with E-state index in [1.807, 2.05) is 55.1 Å². The van der Waals surface area contributed by atoms with Crippen LogP contribution in [0.3, 0.4) is 0 Å². The van der Waals surface area contributed by atoms with Crippen molar-refractivity contribution < 1.29 is 9.59 Å². The van der Waals surface area contributed by atoms with Crippen molar-refractivity contribution in [1.82, 2.24) is 24.6 Å². The first kappa shape index (κ1) is 24.3. The van der Waals surface area contributed by atoms with E-state index >= 15 is 0 Å². The molecule has 0 aliphatic heterocycles. The molecule has 0 saturated heterocycles. The highest BCUT2D eigenvalue weighted by Crippen LogP contribution is 2.44. The zero-order valence-electron chi connectivity index (χ0n) is 20.4. The van der Waals surface area contributed by atoms with Crippen molar-refractivity contribution in [2.75, 3.05) is 12.4 Å². The van der Waals surface area contributed by atoms with E-state index in [4.69, 9.17) is 5.10 Å². The van der Waals surface area contributed by atoms with Gasteiger partial charge >= 0.3 is 0 Å². The Morgan fingerprint density at radius 3 is 2.69 bits per heavy atom. The molecule has 3 aromatic heterocycles. The largest absolute Gasteiger partial charge is 0.339 e. The zero-order chi connectivity index (χ0) is 25.6. The van der Waals surface area contributed by atoms with E-state index in [0.717, 1.165) is 56.1 Å². The molecule has 0 spiro atoms. The lowest BCUT2D eigenvalue weighted by Gasteiger charge is -2.22. The van der Waals surface area contributed by atoms with Gasteiger partial charge in [0.05, 0.1) is 27.6 Å². The van der Waals surface area contributed by atoms with Crippen molar-refractivity contribution in [2.45, 2.75) is 39.7 Å². The van der Waals surface area contributed by atoms with Crippen LogP contribution in [-0.2, 0) is 17.6 Å². The molecular weight excluding hydrogens is 540 g/mol. The third kappa shape index (κ3) is 4.35. The molecule has 0 atom stereocenters. The molecule has 1 aromatic carbocycles. The predicted octanol–water partition coefficient (Wildman–Crippen LogP) is 5.36. The molecular formula is C26H25BrN6O2S. The van der Waals surface area contributed by atoms with Gasteiger partial charge in [0.1, 0.15) is 0 Å². The molecule has 0 radical (unpaired) electrons. The SMILES string of the molecule is CC(=O)Nc1nc2c(s1)-c1c(c(-c3cccnc3)nn1-c1ccc(C(=O)N(C)C(C)C)cc1Br)CC2. The van der Waals surface area contributed by atoms with Crippen molar-refractivity contribution in [3.05, 3.63) is 64.0 Å². The van der Waals surface area contributed by atoms with Crippen LogP contribution in [0.2, 0.25) is 0 Å². The summed E-state index contributed by atoms with van der Waals surface area (Å²) in [6.07, 6.45) is 5.08. The number of benzene rings is 1. The zero-order valence-corrected chi connectivity index (χ0v) is 22.8. The number of amides is 2. The van der Waals surface area contributed by atoms with E-state index in [9.17, 15) is 9.59 Å². The summed E-state index contributed by atoms with van der Waals surface area (Å²) >= 11 is 5.15. The number of aromatic nitrogens is 4. The second-order valence-electron chi connectivity index (χ2n) is 8.98. The van der Waals surface area contributed by atoms with Crippen molar-refractivity contribution in [3.8, 4) is 27.5 Å². The second-order valence-corrected chi connectivity index (χ2v) is 10.8. The highest BCUT2D eigenvalue weighted by Gasteiger charge is 2.30. The van der Waals surface area contributed by atoms with Crippen molar-refractivity contribution in [2.24, 2.45) is 0 Å². The molecule has 36 heavy (non-hydrogen) atoms. The number of hydrogen-bond donors (Lipinski definition) is 1. The van der Waals surface area contributed by atoms with Crippen LogP contribution in [0.25, 0.3) is 27.5 Å². The molecule has 0 unspecified atom stereocenters. The number of rotatable bonds is 5. The quantitative estimate of drug-likeness (QED) is 0.352. The Kier molecular flexibility index (Phi) is 6.48. The molecule has 1 N–H and O–H groups in total. The first-order valence-corrected chi connectivity index (χ1v) is 13.2. The Bertz CT molecular complexity index is 1480. The smallest absolute Gasteiger partial charge is 0.253 e. The summed E-state index contributed by atoms with van der Waals surface area (Å²) in [5.41, 5.74) is 6.21. The van der Waals surface area contributed by atoms with Crippen LogP contribution >= 0.6 is 27.3 Å². The lowest BCUT2D eigenvalue weighted by Crippen LogP contribution is -2.32. The molecule has 0 fully saturated rings. The normalized spacial score (nSPS) is 12.3. The van der Waals surface area contributed by atoms with Crippen molar-refractivity contribution in [1.29, 1.82) is 0 Å². The van der Waals surface area contributed by atoms with Gasteiger partial charge in [0.25, 0.3) is 5.91 Å². The molecule has 1 aliphatic rings. The maximum absolute atomic E-state index is 12.9. The van der Waals surface area contributed by atoms with E-state index in [-0.39, 0.29) is 17.9 Å². The summed E-state index contributed by atoms with van der Waals surface area (Å²) in [4.78, 5) is 36.2. The van der Waals surface area contributed by atoms with E-state index < -0.39 is 0 Å². The topological polar surface area (TPSA) is 93.0 Å². The summed E-state index contributed by atoms with van der Waals surface area (Å²) in [6, 6.07) is 9.59. The monoisotopic (exact) mass is 564 g/mol. The van der Waals surface area contributed by atoms with E-state index in [2.05, 4.69) is 31.2 Å². The number of hydrogen-bond acceptors (Lipinski definition) is 6. The van der Waals surface area contributed by atoms with Gasteiger partial charge in [-0.3, -0.25) is 14.6 Å². The molecule has 8 nitrogen and oxygen atoms in total. The van der Waals surface area contributed by atoms with E-state index in [1.165, 1.54) is 18.3 Å². The summed E-state index contributed by atoms with van der Waals surface area (Å²) in [5, 5.41) is 8.44. The second kappa shape index (κ2) is 9.59. The summed E-state index contributed by atoms with van der Waals surface area (Å²) < 4.78 is 2.67. The Labute approximate surface area is 221 Å². The fourth-order valence-corrected chi connectivity index (χ4v) is 5.90. The number of aryl methyl sites for hydroxylation is 1. The van der Waals surface area contributed by atoms with Gasteiger partial charge in [0, 0.05) is 53.6 Å². The number of carbonyl (C=O) groups excluding carboxylic acids is 2. The standard InChI is InChI=1S/C26H25BrN6O2S/c1-14(2)32(4)25(35)16-7-10-21(19(27)12-16)33-23-18(22(31-33)17-6-5-11-28-13-17)8-9-20-24(23)36-26(30-20)29-15(3)34/h5-7,10-14H,8-9H2,1-4H3,(H,29,30,34). The van der Waals surface area contributed by atoms with Crippen LogP contribution in [0.15, 0.2) is 47.2 Å². The summed E-state index contributed by atoms with van der Waals surface area (Å²) in [7, 11) is 1.80. The predicted molar refractivity (Wildman–Crippen MR) is 145 cm³/mol. The Balaban J connectivity index is 1.67. The van der Waals surface area contributed by atoms with Crippen LogP contribution in [0.4, 0.5) is 5.13 Å². The summed E-state index contributed by atoms with van der Waals surface area (Å²) in [6.45, 7) is 5.45. The average Bonchev–Trinajstić information content (AvgIpc) is 3.44. The number of anilines is 1. The number of halogens is 1. The number of carbonyl (C=O) groups is 2. The third-order valence-corrected chi connectivity index (χ3v) is 7.90. The van der Waals surface area contributed by atoms with Gasteiger partial charge < -0.3 is 10.2 Å². The first-order valence-electron chi connectivity index (χ1n) is 11.6. The number of nitrogens with one attached hydrogen (secondary N) is 1. The molecule has 4 aromatic rings. The lowest BCUT2D eigenvalue weighted by molar-refractivity contribution is -0.114. The van der Waals surface area contributed by atoms with Crippen LogP contribution in [0.1, 0.15) is 42.4 Å². The minimum atomic E-state index is -0.153. The molecule has 0 bridgehead atoms. The fourth-order valence-electron chi connectivity index (χ4n) is 4.23. The van der Waals surface area contributed by atoms with Gasteiger partial charge in [0.2, 0.25) is 5.91 Å². The van der Waals surface area contributed by atoms with Gasteiger partial charge in [-0.25, -0.2) is 9.67 Å². The Morgan fingerprint density at radius 2 is 2.03 bits per heavy atom. The third-order valence-electron chi connectivity index (χ3n) is 6.24. The van der Waals surface area contributed by atoms with E-state index in [1.54, 1.807) is 18.1 Å². The maximum Gasteiger partial charge on any atom is 0.253 e. The number of fused-ring (bicyclic) bond motifs is 3. The van der Waals surface area contributed by atoms with Gasteiger partial charge in [-0.15, -0.1) is 0 Å². The minimum absolute atomic E-state index is 0.0412. The van der Waals surface area contributed by atoms with Gasteiger partial charge in [0.15, 0.2) is 5.13 Å². The summed E-state index contributed by atoms with van der Waals surface area (Å²) in [5.74, 6) is -0.194. The average molecular weight is 565 g/mol. The van der Waals surface area contributed by atoms with Gasteiger partial charge in [-0.05, 0) is 73.0 Å². The minimum Gasteiger partial charge on any atom is -0.339 e.